The van der Waals surface area contributed by atoms with Gasteiger partial charge in [0.25, 0.3) is 0 Å². The van der Waals surface area contributed by atoms with Crippen molar-refractivity contribution < 1.29 is 19.2 Å². The first-order chi connectivity index (χ1) is 9.90. The van der Waals surface area contributed by atoms with Gasteiger partial charge in [0.05, 0.1) is 28.4 Å². The lowest BCUT2D eigenvalue weighted by atomic mass is 10.1. The Kier molecular flexibility index (Phi) is 4.28. The maximum absolute atomic E-state index is 12.1. The predicted octanol–water partition coefficient (Wildman–Crippen LogP) is 2.82. The van der Waals surface area contributed by atoms with Crippen molar-refractivity contribution in [2.75, 3.05) is 5.32 Å². The van der Waals surface area contributed by atoms with E-state index in [1.54, 1.807) is 13.8 Å². The van der Waals surface area contributed by atoms with Crippen LogP contribution >= 0.6 is 11.6 Å². The van der Waals surface area contributed by atoms with Gasteiger partial charge >= 0.3 is 5.97 Å². The van der Waals surface area contributed by atoms with Crippen LogP contribution in [0.15, 0.2) is 22.7 Å². The Morgan fingerprint density at radius 1 is 1.38 bits per heavy atom. The van der Waals surface area contributed by atoms with Gasteiger partial charge < -0.3 is 14.9 Å². The standard InChI is InChI=1S/C14H13ClN2O4/c1-7-10(8(2)21-17-7)6-12(18)16-13-9(14(19)20)4-3-5-11(13)15/h3-5H,6H2,1-2H3,(H,16,18)(H,19,20). The number of benzene rings is 1. The third kappa shape index (κ3) is 3.22. The van der Waals surface area contributed by atoms with Crippen LogP contribution in [-0.2, 0) is 11.2 Å². The van der Waals surface area contributed by atoms with Crippen LogP contribution in [0.4, 0.5) is 5.69 Å². The van der Waals surface area contributed by atoms with Crippen molar-refractivity contribution in [2.45, 2.75) is 20.3 Å². The smallest absolute Gasteiger partial charge is 0.337 e. The van der Waals surface area contributed by atoms with Crippen LogP contribution in [0.3, 0.4) is 0 Å². The van der Waals surface area contributed by atoms with Gasteiger partial charge in [0, 0.05) is 5.56 Å². The van der Waals surface area contributed by atoms with Crippen LogP contribution in [0.1, 0.15) is 27.4 Å². The van der Waals surface area contributed by atoms with Gasteiger partial charge in [-0.15, -0.1) is 0 Å². The monoisotopic (exact) mass is 308 g/mol. The summed E-state index contributed by atoms with van der Waals surface area (Å²) in [6.45, 7) is 3.44. The number of aromatic carboxylic acids is 1. The zero-order chi connectivity index (χ0) is 15.6. The fourth-order valence-corrected chi connectivity index (χ4v) is 2.15. The van der Waals surface area contributed by atoms with Crippen molar-refractivity contribution >= 4 is 29.2 Å². The van der Waals surface area contributed by atoms with Gasteiger partial charge in [0.2, 0.25) is 5.91 Å². The number of hydrogen-bond donors (Lipinski definition) is 2. The number of para-hydroxylation sites is 1. The van der Waals surface area contributed by atoms with E-state index in [2.05, 4.69) is 10.5 Å². The predicted molar refractivity (Wildman–Crippen MR) is 76.7 cm³/mol. The number of aryl methyl sites for hydroxylation is 2. The number of carbonyl (C=O) groups is 2. The zero-order valence-electron chi connectivity index (χ0n) is 11.4. The number of carbonyl (C=O) groups excluding carboxylic acids is 1. The molecule has 6 nitrogen and oxygen atoms in total. The summed E-state index contributed by atoms with van der Waals surface area (Å²) in [5.41, 5.74) is 1.33. The van der Waals surface area contributed by atoms with E-state index in [0.29, 0.717) is 17.0 Å². The highest BCUT2D eigenvalue weighted by atomic mass is 35.5. The van der Waals surface area contributed by atoms with Crippen LogP contribution in [0.5, 0.6) is 0 Å². The van der Waals surface area contributed by atoms with Crippen molar-refractivity contribution in [3.05, 3.63) is 45.8 Å². The van der Waals surface area contributed by atoms with Gasteiger partial charge in [-0.2, -0.15) is 0 Å². The molecule has 21 heavy (non-hydrogen) atoms. The minimum Gasteiger partial charge on any atom is -0.478 e. The molecule has 1 heterocycles. The number of rotatable bonds is 4. The molecule has 0 aliphatic carbocycles. The Hall–Kier alpha value is -2.34. The van der Waals surface area contributed by atoms with E-state index in [1.807, 2.05) is 0 Å². The third-order valence-corrected chi connectivity index (χ3v) is 3.34. The number of hydrogen-bond acceptors (Lipinski definition) is 4. The van der Waals surface area contributed by atoms with Crippen LogP contribution in [0, 0.1) is 13.8 Å². The highest BCUT2D eigenvalue weighted by Gasteiger charge is 2.18. The molecular weight excluding hydrogens is 296 g/mol. The second-order valence-corrected chi connectivity index (χ2v) is 4.90. The van der Waals surface area contributed by atoms with E-state index >= 15 is 0 Å². The summed E-state index contributed by atoms with van der Waals surface area (Å²) < 4.78 is 4.98. The molecule has 0 radical (unpaired) electrons. The Morgan fingerprint density at radius 3 is 2.67 bits per heavy atom. The molecule has 0 fully saturated rings. The van der Waals surface area contributed by atoms with Gasteiger partial charge in [-0.05, 0) is 26.0 Å². The van der Waals surface area contributed by atoms with Crippen LogP contribution in [0.25, 0.3) is 0 Å². The van der Waals surface area contributed by atoms with E-state index < -0.39 is 5.97 Å². The maximum Gasteiger partial charge on any atom is 0.337 e. The quantitative estimate of drug-likeness (QED) is 0.906. The molecule has 2 aromatic rings. The summed E-state index contributed by atoms with van der Waals surface area (Å²) in [6, 6.07) is 4.40. The maximum atomic E-state index is 12.1. The summed E-state index contributed by atoms with van der Waals surface area (Å²) in [7, 11) is 0. The second kappa shape index (κ2) is 5.97. The van der Waals surface area contributed by atoms with E-state index in [9.17, 15) is 9.59 Å². The average Bonchev–Trinajstić information content (AvgIpc) is 2.72. The Bertz CT molecular complexity index is 689. The molecule has 1 aromatic carbocycles. The largest absolute Gasteiger partial charge is 0.478 e. The molecule has 0 saturated heterocycles. The van der Waals surface area contributed by atoms with E-state index in [0.717, 1.165) is 0 Å². The SMILES string of the molecule is Cc1noc(C)c1CC(=O)Nc1c(Cl)cccc1C(=O)O. The fraction of sp³-hybridized carbons (Fsp3) is 0.214. The first-order valence-electron chi connectivity index (χ1n) is 6.13. The van der Waals surface area contributed by atoms with E-state index in [1.165, 1.54) is 18.2 Å². The number of carboxylic acid groups (broad SMARTS) is 1. The van der Waals surface area contributed by atoms with Crippen LogP contribution in [0.2, 0.25) is 5.02 Å². The van der Waals surface area contributed by atoms with Crippen LogP contribution in [-0.4, -0.2) is 22.1 Å². The van der Waals surface area contributed by atoms with Gasteiger partial charge in [0.1, 0.15) is 5.76 Å². The molecule has 7 heteroatoms. The van der Waals surface area contributed by atoms with Gasteiger partial charge in [0.15, 0.2) is 0 Å². The second-order valence-electron chi connectivity index (χ2n) is 4.50. The normalized spacial score (nSPS) is 10.4. The number of amides is 1. The molecule has 0 aliphatic rings. The molecule has 0 saturated carbocycles. The number of anilines is 1. The van der Waals surface area contributed by atoms with E-state index in [-0.39, 0.29) is 28.6 Å². The molecule has 110 valence electrons. The summed E-state index contributed by atoms with van der Waals surface area (Å²) in [6.07, 6.45) is 0.0332. The molecule has 1 aromatic heterocycles. The Morgan fingerprint density at radius 2 is 2.10 bits per heavy atom. The summed E-state index contributed by atoms with van der Waals surface area (Å²) in [4.78, 5) is 23.2. The van der Waals surface area contributed by atoms with Crippen LogP contribution < -0.4 is 5.32 Å². The van der Waals surface area contributed by atoms with Crippen molar-refractivity contribution in [2.24, 2.45) is 0 Å². The molecule has 0 atom stereocenters. The summed E-state index contributed by atoms with van der Waals surface area (Å²) in [5.74, 6) is -0.995. The number of nitrogens with zero attached hydrogens (tertiary/aromatic N) is 1. The molecule has 1 amide bonds. The highest BCUT2D eigenvalue weighted by Crippen LogP contribution is 2.26. The molecule has 0 aliphatic heterocycles. The van der Waals surface area contributed by atoms with Gasteiger partial charge in [-0.25, -0.2) is 4.79 Å². The van der Waals surface area contributed by atoms with Crippen molar-refractivity contribution in [1.82, 2.24) is 5.16 Å². The van der Waals surface area contributed by atoms with Crippen molar-refractivity contribution in [1.29, 1.82) is 0 Å². The van der Waals surface area contributed by atoms with Gasteiger partial charge in [-0.3, -0.25) is 4.79 Å². The summed E-state index contributed by atoms with van der Waals surface area (Å²) >= 11 is 5.95. The first-order valence-corrected chi connectivity index (χ1v) is 6.51. The lowest BCUT2D eigenvalue weighted by Crippen LogP contribution is -2.17. The highest BCUT2D eigenvalue weighted by molar-refractivity contribution is 6.34. The zero-order valence-corrected chi connectivity index (χ0v) is 12.2. The number of aromatic nitrogens is 1. The fourth-order valence-electron chi connectivity index (χ4n) is 1.93. The minimum atomic E-state index is -1.16. The van der Waals surface area contributed by atoms with Crippen molar-refractivity contribution in [3.63, 3.8) is 0 Å². The molecule has 0 bridgehead atoms. The Balaban J connectivity index is 2.23. The Labute approximate surface area is 125 Å². The molecular formula is C14H13ClN2O4. The molecule has 0 spiro atoms. The van der Waals surface area contributed by atoms with E-state index in [4.69, 9.17) is 21.2 Å². The number of halogens is 1. The third-order valence-electron chi connectivity index (χ3n) is 3.03. The first kappa shape index (κ1) is 15.1. The topological polar surface area (TPSA) is 92.4 Å². The molecule has 2 N–H and O–H groups in total. The van der Waals surface area contributed by atoms with Gasteiger partial charge in [-0.1, -0.05) is 22.8 Å². The number of nitrogens with one attached hydrogen (secondary N) is 1. The number of carboxylic acids is 1. The molecule has 0 unspecified atom stereocenters. The summed E-state index contributed by atoms with van der Waals surface area (Å²) in [5, 5.41) is 15.6. The lowest BCUT2D eigenvalue weighted by Gasteiger charge is -2.10. The van der Waals surface area contributed by atoms with Crippen molar-refractivity contribution in [3.8, 4) is 0 Å². The minimum absolute atomic E-state index is 0.0332. The molecule has 2 rings (SSSR count). The lowest BCUT2D eigenvalue weighted by molar-refractivity contribution is -0.115. The average molecular weight is 309 g/mol.